The summed E-state index contributed by atoms with van der Waals surface area (Å²) < 4.78 is 0. The van der Waals surface area contributed by atoms with Crippen LogP contribution >= 0.6 is 0 Å². The number of rotatable bonds is 9. The molecule has 13 heteroatoms. The van der Waals surface area contributed by atoms with Gasteiger partial charge in [0.05, 0.1) is 0 Å². The summed E-state index contributed by atoms with van der Waals surface area (Å²) >= 11 is 0. The predicted molar refractivity (Wildman–Crippen MR) is 222 cm³/mol. The van der Waals surface area contributed by atoms with Crippen LogP contribution in [0.4, 0.5) is 0 Å². The zero-order valence-corrected chi connectivity index (χ0v) is 32.7. The number of hydrogen-bond acceptors (Lipinski definition) is 7. The summed E-state index contributed by atoms with van der Waals surface area (Å²) in [4.78, 5) is 73.7. The molecule has 3 heterocycles. The molecule has 0 saturated heterocycles. The maximum Gasteiger partial charge on any atom is 0.251 e. The molecule has 0 spiro atoms. The first-order chi connectivity index (χ1) is 28.0. The van der Waals surface area contributed by atoms with Gasteiger partial charge < -0.3 is 42.4 Å². The zero-order valence-electron chi connectivity index (χ0n) is 32.7. The van der Waals surface area contributed by atoms with E-state index >= 15 is 0 Å². The van der Waals surface area contributed by atoms with Crippen molar-refractivity contribution in [3.63, 3.8) is 0 Å². The first kappa shape index (κ1) is 41.2. The van der Waals surface area contributed by atoms with Crippen LogP contribution in [0.5, 0.6) is 5.75 Å². The number of phenols is 1. The fourth-order valence-corrected chi connectivity index (χ4v) is 7.19. The summed E-state index contributed by atoms with van der Waals surface area (Å²) in [5, 5.41) is 25.3. The van der Waals surface area contributed by atoms with Gasteiger partial charge in [0, 0.05) is 42.0 Å². The average molecular weight is 786 g/mol. The molecule has 0 aliphatic carbocycles. The SMILES string of the molecule is CC(C)[C@@H]1NC(=O)[C@H](CCCCN)NC(=O)[C@@H](Cc2c[nH]c3ccccc23)NC(=O)[C@H](Cc2ccc(O)cc2)NC(=O)c2ccc(cc2)-c2ccccc2CNC1=O. The van der Waals surface area contributed by atoms with Crippen molar-refractivity contribution < 1.29 is 29.1 Å². The van der Waals surface area contributed by atoms with E-state index < -0.39 is 47.8 Å². The Hall–Kier alpha value is -6.47. The number of amides is 5. The molecule has 58 heavy (non-hydrogen) atoms. The predicted octanol–water partition coefficient (Wildman–Crippen LogP) is 3.99. The second-order valence-electron chi connectivity index (χ2n) is 15.0. The van der Waals surface area contributed by atoms with E-state index in [1.165, 1.54) is 12.1 Å². The van der Waals surface area contributed by atoms with Gasteiger partial charge in [-0.2, -0.15) is 0 Å². The number of phenolic OH excluding ortho intramolecular Hbond substituents is 1. The van der Waals surface area contributed by atoms with Crippen LogP contribution in [0.1, 0.15) is 60.2 Å². The lowest BCUT2D eigenvalue weighted by Gasteiger charge is -2.27. The number of benzene rings is 4. The van der Waals surface area contributed by atoms with E-state index in [1.54, 1.807) is 42.6 Å². The Morgan fingerprint density at radius 3 is 2.03 bits per heavy atom. The zero-order chi connectivity index (χ0) is 41.2. The second-order valence-corrected chi connectivity index (χ2v) is 15.0. The lowest BCUT2D eigenvalue weighted by Crippen LogP contribution is -2.59. The van der Waals surface area contributed by atoms with Crippen LogP contribution in [0.2, 0.25) is 0 Å². The third-order valence-corrected chi connectivity index (χ3v) is 10.5. The monoisotopic (exact) mass is 785 g/mol. The standard InChI is InChI=1S/C45H51N7O6/c1-27(2)40-45(58)48-25-31-9-3-4-10-34(31)29-16-18-30(19-17-29)41(54)50-38(23-28-14-20-33(53)21-15-28)43(56)51-39(24-32-26-47-36-12-6-5-11-35(32)36)44(57)49-37(42(55)52-40)13-7-8-22-46/h3-6,9-12,14-21,26-27,37-40,47,53H,7-8,13,22-25,46H2,1-2H3,(H,48,58)(H,49,57)(H,50,54)(H,51,56)(H,52,55)/t37-,38-,39+,40-/m0/s1. The van der Waals surface area contributed by atoms with Crippen molar-refractivity contribution in [2.45, 2.75) is 76.7 Å². The van der Waals surface area contributed by atoms with E-state index in [9.17, 15) is 29.1 Å². The number of nitrogens with two attached hydrogens (primary N) is 1. The van der Waals surface area contributed by atoms with Crippen molar-refractivity contribution in [3.8, 4) is 16.9 Å². The first-order valence-electron chi connectivity index (χ1n) is 19.7. The van der Waals surface area contributed by atoms with Gasteiger partial charge in [0.25, 0.3) is 5.91 Å². The van der Waals surface area contributed by atoms with Crippen LogP contribution in [0, 0.1) is 5.92 Å². The number of aromatic hydroxyl groups is 1. The molecule has 5 amide bonds. The Bertz CT molecular complexity index is 2230. The van der Waals surface area contributed by atoms with Crippen LogP contribution in [-0.4, -0.2) is 70.3 Å². The number of carbonyl (C=O) groups is 5. The fourth-order valence-electron chi connectivity index (χ4n) is 7.19. The quantitative estimate of drug-likeness (QED) is 0.0814. The van der Waals surface area contributed by atoms with E-state index in [0.29, 0.717) is 30.5 Å². The first-order valence-corrected chi connectivity index (χ1v) is 19.7. The van der Waals surface area contributed by atoms with Gasteiger partial charge in [0.2, 0.25) is 23.6 Å². The van der Waals surface area contributed by atoms with Crippen LogP contribution in [-0.2, 0) is 38.6 Å². The average Bonchev–Trinajstić information content (AvgIpc) is 3.63. The number of hydrogen-bond donors (Lipinski definition) is 8. The highest BCUT2D eigenvalue weighted by Gasteiger charge is 2.33. The molecule has 0 radical (unpaired) electrons. The van der Waals surface area contributed by atoms with Gasteiger partial charge in [-0.3, -0.25) is 24.0 Å². The molecule has 4 aromatic carbocycles. The van der Waals surface area contributed by atoms with E-state index in [4.69, 9.17) is 5.73 Å². The maximum absolute atomic E-state index is 14.4. The number of para-hydroxylation sites is 1. The number of H-pyrrole nitrogens is 1. The molecule has 7 rings (SSSR count). The van der Waals surface area contributed by atoms with Crippen LogP contribution in [0.3, 0.4) is 0 Å². The van der Waals surface area contributed by atoms with Crippen molar-refractivity contribution in [1.29, 1.82) is 0 Å². The van der Waals surface area contributed by atoms with Gasteiger partial charge in [-0.15, -0.1) is 0 Å². The number of carbonyl (C=O) groups excluding carboxylic acids is 5. The summed E-state index contributed by atoms with van der Waals surface area (Å²) in [6.07, 6.45) is 3.23. The van der Waals surface area contributed by atoms with E-state index in [1.807, 2.05) is 62.4 Å². The molecule has 0 fully saturated rings. The minimum absolute atomic E-state index is 0.0474. The smallest absolute Gasteiger partial charge is 0.251 e. The van der Waals surface area contributed by atoms with Crippen LogP contribution < -0.4 is 32.3 Å². The minimum atomic E-state index is -1.19. The van der Waals surface area contributed by atoms with Gasteiger partial charge in [0.15, 0.2) is 0 Å². The Balaban J connectivity index is 1.40. The third-order valence-electron chi connectivity index (χ3n) is 10.5. The molecule has 5 aromatic rings. The molecule has 0 unspecified atom stereocenters. The van der Waals surface area contributed by atoms with Crippen molar-refractivity contribution >= 4 is 40.4 Å². The number of unbranched alkanes of at least 4 members (excludes halogenated alkanes) is 1. The van der Waals surface area contributed by atoms with E-state index in [-0.39, 0.29) is 43.4 Å². The topological polar surface area (TPSA) is 208 Å². The van der Waals surface area contributed by atoms with Crippen LogP contribution in [0.25, 0.3) is 22.0 Å². The summed E-state index contributed by atoms with van der Waals surface area (Å²) in [6.45, 7) is 4.23. The Morgan fingerprint density at radius 2 is 1.31 bits per heavy atom. The second kappa shape index (κ2) is 19.1. The molecule has 2 aliphatic rings. The Morgan fingerprint density at radius 1 is 0.672 bits per heavy atom. The van der Waals surface area contributed by atoms with Gasteiger partial charge in [0.1, 0.15) is 29.9 Å². The summed E-state index contributed by atoms with van der Waals surface area (Å²) in [7, 11) is 0. The molecule has 0 saturated carbocycles. The molecular weight excluding hydrogens is 735 g/mol. The lowest BCUT2D eigenvalue weighted by atomic mass is 9.97. The Labute approximate surface area is 337 Å². The number of aromatic amines is 1. The van der Waals surface area contributed by atoms with Crippen molar-refractivity contribution in [2.75, 3.05) is 6.54 Å². The molecule has 2 aliphatic heterocycles. The van der Waals surface area contributed by atoms with Gasteiger partial charge in [-0.25, -0.2) is 0 Å². The summed E-state index contributed by atoms with van der Waals surface area (Å²) in [5.41, 5.74) is 10.8. The normalized spacial score (nSPS) is 19.7. The summed E-state index contributed by atoms with van der Waals surface area (Å²) in [6, 6.07) is 24.1. The minimum Gasteiger partial charge on any atom is -0.508 e. The van der Waals surface area contributed by atoms with Crippen molar-refractivity contribution in [1.82, 2.24) is 31.6 Å². The molecule has 1 aromatic heterocycles. The highest BCUT2D eigenvalue weighted by molar-refractivity contribution is 6.00. The molecule has 13 nitrogen and oxygen atoms in total. The number of fused-ring (bicyclic) bond motifs is 17. The highest BCUT2D eigenvalue weighted by Crippen LogP contribution is 2.25. The lowest BCUT2D eigenvalue weighted by molar-refractivity contribution is -0.134. The molecule has 2 bridgehead atoms. The van der Waals surface area contributed by atoms with E-state index in [0.717, 1.165) is 33.2 Å². The number of nitrogens with one attached hydrogen (secondary N) is 6. The number of aromatic nitrogens is 1. The van der Waals surface area contributed by atoms with Gasteiger partial charge in [-0.05, 0) is 89.9 Å². The van der Waals surface area contributed by atoms with Crippen LogP contribution in [0.15, 0.2) is 103 Å². The third kappa shape index (κ3) is 10.3. The summed E-state index contributed by atoms with van der Waals surface area (Å²) in [5.74, 6) is -2.93. The molecule has 4 atom stereocenters. The highest BCUT2D eigenvalue weighted by atomic mass is 16.3. The van der Waals surface area contributed by atoms with Gasteiger partial charge >= 0.3 is 0 Å². The van der Waals surface area contributed by atoms with E-state index in [2.05, 4.69) is 31.6 Å². The maximum atomic E-state index is 14.4. The molecular formula is C45H51N7O6. The fraction of sp³-hybridized carbons (Fsp3) is 0.311. The molecule has 302 valence electrons. The largest absolute Gasteiger partial charge is 0.508 e. The van der Waals surface area contributed by atoms with Crippen molar-refractivity contribution in [3.05, 3.63) is 126 Å². The Kier molecular flexibility index (Phi) is 13.6. The van der Waals surface area contributed by atoms with Crippen molar-refractivity contribution in [2.24, 2.45) is 11.7 Å². The molecule has 9 N–H and O–H groups in total. The van der Waals surface area contributed by atoms with Gasteiger partial charge in [-0.1, -0.05) is 80.6 Å².